The first kappa shape index (κ1) is 23.0. The van der Waals surface area contributed by atoms with Gasteiger partial charge in [0.05, 0.1) is 17.7 Å². The highest BCUT2D eigenvalue weighted by molar-refractivity contribution is 6.32. The van der Waals surface area contributed by atoms with E-state index in [2.05, 4.69) is 15.5 Å². The van der Waals surface area contributed by atoms with E-state index in [0.29, 0.717) is 39.3 Å². The summed E-state index contributed by atoms with van der Waals surface area (Å²) in [5.74, 6) is 0.138. The number of aryl methyl sites for hydroxylation is 1. The summed E-state index contributed by atoms with van der Waals surface area (Å²) in [6.45, 7) is 1.72. The maximum Gasteiger partial charge on any atom is 0.339 e. The zero-order valence-electron chi connectivity index (χ0n) is 18.3. The van der Waals surface area contributed by atoms with Gasteiger partial charge in [0.25, 0.3) is 11.8 Å². The van der Waals surface area contributed by atoms with Crippen LogP contribution in [0, 0.1) is 6.92 Å². The first-order chi connectivity index (χ1) is 16.4. The Hall–Kier alpha value is -4.17. The van der Waals surface area contributed by atoms with Gasteiger partial charge < -0.3 is 19.3 Å². The molecule has 0 aliphatic heterocycles. The third kappa shape index (κ3) is 5.24. The summed E-state index contributed by atoms with van der Waals surface area (Å²) < 4.78 is 15.9. The molecule has 9 heteroatoms. The predicted molar refractivity (Wildman–Crippen MR) is 126 cm³/mol. The number of ether oxygens (including phenoxy) is 2. The Kier molecular flexibility index (Phi) is 6.89. The average Bonchev–Trinajstić information content (AvgIpc) is 3.29. The van der Waals surface area contributed by atoms with Gasteiger partial charge in [0.2, 0.25) is 6.10 Å². The van der Waals surface area contributed by atoms with Gasteiger partial charge in [0.15, 0.2) is 5.82 Å². The summed E-state index contributed by atoms with van der Waals surface area (Å²) in [7, 11) is 1.50. The molecule has 1 heterocycles. The van der Waals surface area contributed by atoms with E-state index in [1.54, 1.807) is 73.7 Å². The lowest BCUT2D eigenvalue weighted by molar-refractivity contribution is -0.125. The molecule has 1 atom stereocenters. The second-order valence-electron chi connectivity index (χ2n) is 7.26. The van der Waals surface area contributed by atoms with Crippen LogP contribution in [0.3, 0.4) is 0 Å². The van der Waals surface area contributed by atoms with Crippen LogP contribution < -0.4 is 10.1 Å². The molecule has 1 unspecified atom stereocenters. The number of carbonyl (C=O) groups is 2. The first-order valence-electron chi connectivity index (χ1n) is 10.3. The Morgan fingerprint density at radius 2 is 1.76 bits per heavy atom. The minimum atomic E-state index is -1.19. The topological polar surface area (TPSA) is 104 Å². The predicted octanol–water partition coefficient (Wildman–Crippen LogP) is 5.24. The number of hydrogen-bond donors (Lipinski definition) is 1. The molecule has 0 radical (unpaired) electrons. The van der Waals surface area contributed by atoms with E-state index in [9.17, 15) is 9.59 Å². The highest BCUT2D eigenvalue weighted by Crippen LogP contribution is 2.29. The summed E-state index contributed by atoms with van der Waals surface area (Å²) in [4.78, 5) is 30.1. The van der Waals surface area contributed by atoms with Crippen molar-refractivity contribution in [3.63, 3.8) is 0 Å². The van der Waals surface area contributed by atoms with E-state index in [0.717, 1.165) is 0 Å². The molecular formula is C25H20ClN3O5. The summed E-state index contributed by atoms with van der Waals surface area (Å²) in [5, 5.41) is 6.83. The molecule has 3 aromatic carbocycles. The van der Waals surface area contributed by atoms with Crippen LogP contribution in [0.15, 0.2) is 77.3 Å². The summed E-state index contributed by atoms with van der Waals surface area (Å²) in [6.07, 6.45) is -1.19. The van der Waals surface area contributed by atoms with Crippen LogP contribution in [0.2, 0.25) is 5.02 Å². The van der Waals surface area contributed by atoms with E-state index >= 15 is 0 Å². The fraction of sp³-hybridized carbons (Fsp3) is 0.120. The smallest absolute Gasteiger partial charge is 0.339 e. The molecule has 0 fully saturated rings. The summed E-state index contributed by atoms with van der Waals surface area (Å²) in [6, 6.07) is 20.0. The van der Waals surface area contributed by atoms with Crippen LogP contribution in [0.4, 0.5) is 5.69 Å². The highest BCUT2D eigenvalue weighted by atomic mass is 35.5. The van der Waals surface area contributed by atoms with Gasteiger partial charge in [-0.3, -0.25) is 4.79 Å². The quantitative estimate of drug-likeness (QED) is 0.363. The SMILES string of the molecule is COc1ccc(NC(=O)C(OC(=O)c2ccc(-c3nc(C)no3)cc2)c2ccccc2)cc1Cl. The van der Waals surface area contributed by atoms with Gasteiger partial charge in [-0.25, -0.2) is 4.79 Å². The highest BCUT2D eigenvalue weighted by Gasteiger charge is 2.26. The standard InChI is InChI=1S/C25H20ClN3O5/c1-15-27-24(34-29-15)17-8-10-18(11-9-17)25(31)33-22(16-6-4-3-5-7-16)23(30)28-19-12-13-21(32-2)20(26)14-19/h3-14,22H,1-2H3,(H,28,30). The zero-order valence-corrected chi connectivity index (χ0v) is 19.1. The number of anilines is 1. The lowest BCUT2D eigenvalue weighted by Crippen LogP contribution is -2.26. The van der Waals surface area contributed by atoms with Crippen molar-refractivity contribution < 1.29 is 23.6 Å². The van der Waals surface area contributed by atoms with Crippen molar-refractivity contribution >= 4 is 29.2 Å². The maximum absolute atomic E-state index is 13.1. The number of nitrogens with one attached hydrogen (secondary N) is 1. The number of methoxy groups -OCH3 is 1. The van der Waals surface area contributed by atoms with Gasteiger partial charge in [-0.05, 0) is 49.4 Å². The van der Waals surface area contributed by atoms with Crippen molar-refractivity contribution in [3.05, 3.63) is 94.8 Å². The molecule has 0 aliphatic rings. The van der Waals surface area contributed by atoms with Gasteiger partial charge >= 0.3 is 5.97 Å². The molecule has 4 aromatic rings. The molecule has 172 valence electrons. The molecule has 0 saturated heterocycles. The van der Waals surface area contributed by atoms with Gasteiger partial charge in [0.1, 0.15) is 5.75 Å². The number of esters is 1. The lowest BCUT2D eigenvalue weighted by atomic mass is 10.1. The molecule has 8 nitrogen and oxygen atoms in total. The number of halogens is 1. The molecule has 4 rings (SSSR count). The van der Waals surface area contributed by atoms with E-state index in [1.807, 2.05) is 6.07 Å². The number of nitrogens with zero attached hydrogens (tertiary/aromatic N) is 2. The monoisotopic (exact) mass is 477 g/mol. The second-order valence-corrected chi connectivity index (χ2v) is 7.67. The second kappa shape index (κ2) is 10.2. The molecule has 0 aliphatic carbocycles. The van der Waals surface area contributed by atoms with E-state index < -0.39 is 18.0 Å². The largest absolute Gasteiger partial charge is 0.495 e. The molecule has 1 amide bonds. The van der Waals surface area contributed by atoms with E-state index in [4.69, 9.17) is 25.6 Å². The molecule has 0 spiro atoms. The normalized spacial score (nSPS) is 11.5. The number of rotatable bonds is 7. The lowest BCUT2D eigenvalue weighted by Gasteiger charge is -2.18. The zero-order chi connectivity index (χ0) is 24.1. The Balaban J connectivity index is 1.53. The minimum Gasteiger partial charge on any atom is -0.495 e. The van der Waals surface area contributed by atoms with Crippen molar-refractivity contribution in [2.45, 2.75) is 13.0 Å². The van der Waals surface area contributed by atoms with E-state index in [1.165, 1.54) is 7.11 Å². The first-order valence-corrected chi connectivity index (χ1v) is 10.6. The third-order valence-corrected chi connectivity index (χ3v) is 5.18. The van der Waals surface area contributed by atoms with Crippen LogP contribution in [0.5, 0.6) is 5.75 Å². The average molecular weight is 478 g/mol. The maximum atomic E-state index is 13.1. The Morgan fingerprint density at radius 3 is 2.38 bits per heavy atom. The summed E-state index contributed by atoms with van der Waals surface area (Å²) in [5.41, 5.74) is 1.88. The minimum absolute atomic E-state index is 0.265. The van der Waals surface area contributed by atoms with Gasteiger partial charge in [-0.15, -0.1) is 0 Å². The number of amides is 1. The number of carbonyl (C=O) groups excluding carboxylic acids is 2. The van der Waals surface area contributed by atoms with Crippen molar-refractivity contribution in [1.29, 1.82) is 0 Å². The molecule has 0 bridgehead atoms. The van der Waals surface area contributed by atoms with Gasteiger partial charge in [-0.2, -0.15) is 4.98 Å². The molecule has 34 heavy (non-hydrogen) atoms. The molecular weight excluding hydrogens is 458 g/mol. The van der Waals surface area contributed by atoms with Crippen molar-refractivity contribution in [2.75, 3.05) is 12.4 Å². The van der Waals surface area contributed by atoms with Crippen LogP contribution in [-0.2, 0) is 9.53 Å². The third-order valence-electron chi connectivity index (χ3n) is 4.88. The summed E-state index contributed by atoms with van der Waals surface area (Å²) >= 11 is 6.16. The molecule has 1 aromatic heterocycles. The Labute approximate surface area is 200 Å². The van der Waals surface area contributed by atoms with E-state index in [-0.39, 0.29) is 5.56 Å². The van der Waals surface area contributed by atoms with Gasteiger partial charge in [-0.1, -0.05) is 47.1 Å². The Morgan fingerprint density at radius 1 is 1.03 bits per heavy atom. The number of benzene rings is 3. The van der Waals surface area contributed by atoms with Crippen LogP contribution >= 0.6 is 11.6 Å². The number of aromatic nitrogens is 2. The molecule has 0 saturated carbocycles. The van der Waals surface area contributed by atoms with Crippen LogP contribution in [0.25, 0.3) is 11.5 Å². The number of hydrogen-bond acceptors (Lipinski definition) is 7. The van der Waals surface area contributed by atoms with Crippen molar-refractivity contribution in [1.82, 2.24) is 10.1 Å². The molecule has 1 N–H and O–H groups in total. The van der Waals surface area contributed by atoms with Crippen molar-refractivity contribution in [2.24, 2.45) is 0 Å². The fourth-order valence-electron chi connectivity index (χ4n) is 3.19. The fourth-order valence-corrected chi connectivity index (χ4v) is 3.45. The van der Waals surface area contributed by atoms with Crippen molar-refractivity contribution in [3.8, 4) is 17.2 Å². The Bertz CT molecular complexity index is 1310. The van der Waals surface area contributed by atoms with Crippen LogP contribution in [-0.4, -0.2) is 29.1 Å². The van der Waals surface area contributed by atoms with Crippen LogP contribution in [0.1, 0.15) is 27.8 Å². The van der Waals surface area contributed by atoms with Gasteiger partial charge in [0, 0.05) is 16.8 Å².